The number of hydrogen-bond acceptors (Lipinski definition) is 2. The van der Waals surface area contributed by atoms with Crippen molar-refractivity contribution in [1.82, 2.24) is 0 Å². The Morgan fingerprint density at radius 2 is 2.45 bits per heavy atom. The van der Waals surface area contributed by atoms with Crippen molar-refractivity contribution in [3.05, 3.63) is 22.4 Å². The van der Waals surface area contributed by atoms with Crippen molar-refractivity contribution in [3.8, 4) is 0 Å². The number of hydrogen-bond donors (Lipinski definition) is 0. The first-order valence-electron chi connectivity index (χ1n) is 3.91. The molecule has 0 aromatic carbocycles. The van der Waals surface area contributed by atoms with Crippen LogP contribution in [-0.4, -0.2) is 5.78 Å². The van der Waals surface area contributed by atoms with Crippen LogP contribution in [0.3, 0.4) is 0 Å². The van der Waals surface area contributed by atoms with Gasteiger partial charge in [0.25, 0.3) is 0 Å². The van der Waals surface area contributed by atoms with Crippen molar-refractivity contribution in [2.24, 2.45) is 5.92 Å². The molecule has 0 aliphatic heterocycles. The van der Waals surface area contributed by atoms with Gasteiger partial charge < -0.3 is 0 Å². The molecule has 0 spiro atoms. The van der Waals surface area contributed by atoms with E-state index in [2.05, 4.69) is 0 Å². The van der Waals surface area contributed by atoms with Crippen molar-refractivity contribution >= 4 is 17.1 Å². The standard InChI is InChI=1S/C9H10OS/c10-9(5-7-1-2-7)8-3-4-11-6-8/h3-4,6-7H,1-2,5H2. The molecule has 2 heteroatoms. The van der Waals surface area contributed by atoms with Gasteiger partial charge in [-0.2, -0.15) is 11.3 Å². The Hall–Kier alpha value is -0.630. The molecule has 0 saturated heterocycles. The van der Waals surface area contributed by atoms with Crippen LogP contribution in [0.1, 0.15) is 29.6 Å². The lowest BCUT2D eigenvalue weighted by Crippen LogP contribution is -1.97. The van der Waals surface area contributed by atoms with Crippen molar-refractivity contribution in [2.75, 3.05) is 0 Å². The third kappa shape index (κ3) is 1.69. The van der Waals surface area contributed by atoms with E-state index in [1.54, 1.807) is 11.3 Å². The molecule has 1 fully saturated rings. The molecule has 2 rings (SSSR count). The van der Waals surface area contributed by atoms with E-state index in [-0.39, 0.29) is 0 Å². The third-order valence-corrected chi connectivity index (χ3v) is 2.70. The Morgan fingerprint density at radius 3 is 3.00 bits per heavy atom. The normalized spacial score (nSPS) is 16.7. The fourth-order valence-corrected chi connectivity index (χ4v) is 1.79. The van der Waals surface area contributed by atoms with Crippen LogP contribution < -0.4 is 0 Å². The number of ketones is 1. The molecule has 0 amide bonds. The molecule has 0 unspecified atom stereocenters. The third-order valence-electron chi connectivity index (χ3n) is 2.01. The highest BCUT2D eigenvalue weighted by atomic mass is 32.1. The molecule has 1 saturated carbocycles. The quantitative estimate of drug-likeness (QED) is 0.631. The summed E-state index contributed by atoms with van der Waals surface area (Å²) in [6.07, 6.45) is 3.29. The fraction of sp³-hybridized carbons (Fsp3) is 0.444. The van der Waals surface area contributed by atoms with Gasteiger partial charge in [0, 0.05) is 17.4 Å². The summed E-state index contributed by atoms with van der Waals surface area (Å²) in [7, 11) is 0. The smallest absolute Gasteiger partial charge is 0.163 e. The maximum absolute atomic E-state index is 11.4. The molecule has 11 heavy (non-hydrogen) atoms. The lowest BCUT2D eigenvalue weighted by molar-refractivity contribution is 0.0976. The predicted molar refractivity (Wildman–Crippen MR) is 46.0 cm³/mol. The van der Waals surface area contributed by atoms with Crippen LogP contribution in [0.25, 0.3) is 0 Å². The zero-order valence-electron chi connectivity index (χ0n) is 6.25. The largest absolute Gasteiger partial charge is 0.294 e. The molecular weight excluding hydrogens is 156 g/mol. The van der Waals surface area contributed by atoms with Gasteiger partial charge >= 0.3 is 0 Å². The Kier molecular flexibility index (Phi) is 1.78. The zero-order valence-corrected chi connectivity index (χ0v) is 7.06. The minimum absolute atomic E-state index is 0.328. The zero-order chi connectivity index (χ0) is 7.68. The van der Waals surface area contributed by atoms with Crippen LogP contribution in [-0.2, 0) is 0 Å². The summed E-state index contributed by atoms with van der Waals surface area (Å²) in [6.45, 7) is 0. The molecule has 1 aromatic rings. The number of Topliss-reactive ketones (excluding diaryl/α,β-unsaturated/α-hetero) is 1. The summed E-state index contributed by atoms with van der Waals surface area (Å²) in [4.78, 5) is 11.4. The second-order valence-corrected chi connectivity index (χ2v) is 3.86. The fourth-order valence-electron chi connectivity index (χ4n) is 1.13. The molecule has 1 heterocycles. The van der Waals surface area contributed by atoms with Gasteiger partial charge in [0.05, 0.1) is 0 Å². The lowest BCUT2D eigenvalue weighted by Gasteiger charge is -1.92. The first-order chi connectivity index (χ1) is 5.36. The second-order valence-electron chi connectivity index (χ2n) is 3.08. The van der Waals surface area contributed by atoms with Gasteiger partial charge in [0.2, 0.25) is 0 Å². The van der Waals surface area contributed by atoms with Crippen LogP contribution in [0.15, 0.2) is 16.8 Å². The van der Waals surface area contributed by atoms with Gasteiger partial charge in [-0.1, -0.05) is 0 Å². The summed E-state index contributed by atoms with van der Waals surface area (Å²) < 4.78 is 0. The molecule has 1 aliphatic rings. The van der Waals surface area contributed by atoms with Crippen LogP contribution in [0.4, 0.5) is 0 Å². The van der Waals surface area contributed by atoms with Crippen LogP contribution in [0.5, 0.6) is 0 Å². The predicted octanol–water partition coefficient (Wildman–Crippen LogP) is 2.73. The van der Waals surface area contributed by atoms with Gasteiger partial charge in [-0.3, -0.25) is 4.79 Å². The summed E-state index contributed by atoms with van der Waals surface area (Å²) in [5.74, 6) is 1.04. The van der Waals surface area contributed by atoms with Crippen LogP contribution in [0.2, 0.25) is 0 Å². The van der Waals surface area contributed by atoms with Gasteiger partial charge in [0.15, 0.2) is 5.78 Å². The number of rotatable bonds is 3. The van der Waals surface area contributed by atoms with E-state index in [1.165, 1.54) is 12.8 Å². The van der Waals surface area contributed by atoms with E-state index >= 15 is 0 Å². The van der Waals surface area contributed by atoms with Crippen molar-refractivity contribution in [3.63, 3.8) is 0 Å². The average molecular weight is 166 g/mol. The summed E-state index contributed by atoms with van der Waals surface area (Å²) in [5.41, 5.74) is 0.905. The molecule has 0 radical (unpaired) electrons. The summed E-state index contributed by atoms with van der Waals surface area (Å²) >= 11 is 1.59. The number of thiophene rings is 1. The first kappa shape index (κ1) is 7.04. The highest BCUT2D eigenvalue weighted by Gasteiger charge is 2.24. The lowest BCUT2D eigenvalue weighted by atomic mass is 10.1. The number of carbonyl (C=O) groups excluding carboxylic acids is 1. The van der Waals surface area contributed by atoms with Gasteiger partial charge in [-0.15, -0.1) is 0 Å². The van der Waals surface area contributed by atoms with Crippen LogP contribution in [0, 0.1) is 5.92 Å². The first-order valence-corrected chi connectivity index (χ1v) is 4.86. The van der Waals surface area contributed by atoms with Crippen molar-refractivity contribution in [1.29, 1.82) is 0 Å². The van der Waals surface area contributed by atoms with E-state index in [4.69, 9.17) is 0 Å². The molecule has 1 aliphatic carbocycles. The molecule has 0 N–H and O–H groups in total. The Morgan fingerprint density at radius 1 is 1.64 bits per heavy atom. The van der Waals surface area contributed by atoms with Crippen LogP contribution >= 0.6 is 11.3 Å². The second kappa shape index (κ2) is 2.78. The maximum Gasteiger partial charge on any atom is 0.163 e. The highest BCUT2D eigenvalue weighted by Crippen LogP contribution is 2.33. The average Bonchev–Trinajstić information content (AvgIpc) is 2.67. The van der Waals surface area contributed by atoms with E-state index in [9.17, 15) is 4.79 Å². The minimum atomic E-state index is 0.328. The van der Waals surface area contributed by atoms with E-state index in [1.807, 2.05) is 16.8 Å². The summed E-state index contributed by atoms with van der Waals surface area (Å²) in [6, 6.07) is 1.91. The van der Waals surface area contributed by atoms with E-state index < -0.39 is 0 Å². The van der Waals surface area contributed by atoms with Crippen molar-refractivity contribution < 1.29 is 4.79 Å². The molecular formula is C9H10OS. The molecule has 1 nitrogen and oxygen atoms in total. The highest BCUT2D eigenvalue weighted by molar-refractivity contribution is 7.08. The Balaban J connectivity index is 1.99. The Bertz CT molecular complexity index is 247. The number of carbonyl (C=O) groups is 1. The van der Waals surface area contributed by atoms with Gasteiger partial charge in [-0.25, -0.2) is 0 Å². The maximum atomic E-state index is 11.4. The molecule has 0 atom stereocenters. The summed E-state index contributed by atoms with van der Waals surface area (Å²) in [5, 5.41) is 3.89. The van der Waals surface area contributed by atoms with Gasteiger partial charge in [-0.05, 0) is 30.2 Å². The molecule has 1 aromatic heterocycles. The van der Waals surface area contributed by atoms with Gasteiger partial charge in [0.1, 0.15) is 0 Å². The molecule has 0 bridgehead atoms. The molecule has 58 valence electrons. The monoisotopic (exact) mass is 166 g/mol. The van der Waals surface area contributed by atoms with E-state index in [0.717, 1.165) is 12.0 Å². The Labute approximate surface area is 70.1 Å². The SMILES string of the molecule is O=C(CC1CC1)c1ccsc1. The minimum Gasteiger partial charge on any atom is -0.294 e. The van der Waals surface area contributed by atoms with E-state index in [0.29, 0.717) is 11.7 Å². The van der Waals surface area contributed by atoms with Crippen molar-refractivity contribution in [2.45, 2.75) is 19.3 Å². The topological polar surface area (TPSA) is 17.1 Å².